The molecule has 3 nitrogen and oxygen atoms in total. The summed E-state index contributed by atoms with van der Waals surface area (Å²) < 4.78 is 5.06. The number of thioether (sulfide) groups is 1. The molecule has 1 aliphatic rings. The maximum atomic E-state index is 9.89. The molecule has 0 fully saturated rings. The van der Waals surface area contributed by atoms with Gasteiger partial charge in [-0.2, -0.15) is 0 Å². The third kappa shape index (κ3) is 6.23. The molecule has 2 N–H and O–H groups in total. The van der Waals surface area contributed by atoms with Gasteiger partial charge in [-0.15, -0.1) is 11.8 Å². The molecule has 0 amide bonds. The molecule has 18 heavy (non-hydrogen) atoms. The molecule has 0 spiro atoms. The zero-order valence-corrected chi connectivity index (χ0v) is 12.8. The first-order valence-electron chi connectivity index (χ1n) is 6.66. The predicted octanol–water partition coefficient (Wildman–Crippen LogP) is 2.76. The number of aliphatic hydroxyl groups excluding tert-OH is 1. The molecule has 0 saturated heterocycles. The van der Waals surface area contributed by atoms with Gasteiger partial charge < -0.3 is 15.2 Å². The topological polar surface area (TPSA) is 41.5 Å². The Hall–Kier alpha value is -0.0300. The van der Waals surface area contributed by atoms with Gasteiger partial charge in [0.15, 0.2) is 6.29 Å². The number of ether oxygens (including phenoxy) is 1. The second kappa shape index (κ2) is 7.53. The Morgan fingerprint density at radius 2 is 2.22 bits per heavy atom. The summed E-state index contributed by atoms with van der Waals surface area (Å²) in [6.45, 7) is 7.60. The molecule has 0 aromatic heterocycles. The second-order valence-electron chi connectivity index (χ2n) is 6.10. The van der Waals surface area contributed by atoms with Gasteiger partial charge in [0.2, 0.25) is 0 Å². The molecule has 0 aromatic carbocycles. The lowest BCUT2D eigenvalue weighted by atomic mass is 9.92. The normalized spacial score (nSPS) is 19.7. The first kappa shape index (κ1) is 16.0. The molecule has 2 atom stereocenters. The Balaban J connectivity index is 2.40. The van der Waals surface area contributed by atoms with E-state index in [9.17, 15) is 5.11 Å². The molecule has 0 radical (unpaired) electrons. The van der Waals surface area contributed by atoms with Crippen molar-refractivity contribution in [2.45, 2.75) is 52.4 Å². The average molecular weight is 273 g/mol. The van der Waals surface area contributed by atoms with Crippen molar-refractivity contribution in [1.29, 1.82) is 0 Å². The van der Waals surface area contributed by atoms with Gasteiger partial charge in [0.25, 0.3) is 0 Å². The molecule has 106 valence electrons. The summed E-state index contributed by atoms with van der Waals surface area (Å²) in [6, 6.07) is 0.00213. The van der Waals surface area contributed by atoms with Gasteiger partial charge in [-0.1, -0.05) is 26.3 Å². The summed E-state index contributed by atoms with van der Waals surface area (Å²) in [5.74, 6) is 1.17. The van der Waals surface area contributed by atoms with Crippen molar-refractivity contribution >= 4 is 11.8 Å². The van der Waals surface area contributed by atoms with E-state index in [1.807, 2.05) is 11.8 Å². The Morgan fingerprint density at radius 3 is 2.72 bits per heavy atom. The van der Waals surface area contributed by atoms with Crippen molar-refractivity contribution in [1.82, 2.24) is 5.32 Å². The van der Waals surface area contributed by atoms with Crippen molar-refractivity contribution in [2.75, 3.05) is 19.4 Å². The van der Waals surface area contributed by atoms with E-state index in [4.69, 9.17) is 4.74 Å². The van der Waals surface area contributed by atoms with Crippen LogP contribution in [-0.4, -0.2) is 36.8 Å². The van der Waals surface area contributed by atoms with Crippen LogP contribution in [-0.2, 0) is 4.74 Å². The van der Waals surface area contributed by atoms with Crippen LogP contribution in [0.15, 0.2) is 11.0 Å². The number of nitrogens with one attached hydrogen (secondary N) is 1. The summed E-state index contributed by atoms with van der Waals surface area (Å²) in [7, 11) is 1.56. The molecule has 0 bridgehead atoms. The first-order chi connectivity index (χ1) is 8.42. The van der Waals surface area contributed by atoms with E-state index in [2.05, 4.69) is 31.5 Å². The van der Waals surface area contributed by atoms with Crippen LogP contribution >= 0.6 is 11.8 Å². The largest absolute Gasteiger partial charge is 0.367 e. The highest BCUT2D eigenvalue weighted by Crippen LogP contribution is 2.26. The van der Waals surface area contributed by atoms with Crippen LogP contribution in [0, 0.1) is 5.41 Å². The summed E-state index contributed by atoms with van der Waals surface area (Å²) in [6.07, 6.45) is 2.38. The second-order valence-corrected chi connectivity index (χ2v) is 7.08. The van der Waals surface area contributed by atoms with Gasteiger partial charge in [0, 0.05) is 12.9 Å². The molecule has 4 heteroatoms. The summed E-state index contributed by atoms with van der Waals surface area (Å²) in [4.78, 5) is 0. The van der Waals surface area contributed by atoms with E-state index in [-0.39, 0.29) is 6.04 Å². The Labute approximate surface area is 115 Å². The Kier molecular flexibility index (Phi) is 6.71. The smallest absolute Gasteiger partial charge is 0.169 e. The maximum absolute atomic E-state index is 9.89. The Morgan fingerprint density at radius 1 is 1.50 bits per heavy atom. The minimum Gasteiger partial charge on any atom is -0.367 e. The fraction of sp³-hybridized carbons (Fsp3) is 0.857. The standard InChI is InChI=1S/C14H27NO2S/c1-14(2,3)6-7-15-12(13(16)17-4)9-11-5-8-18-10-11/h10,12-13,15-16H,5-9H2,1-4H3. The highest BCUT2D eigenvalue weighted by Gasteiger charge is 2.21. The van der Waals surface area contributed by atoms with Crippen LogP contribution in [0.5, 0.6) is 0 Å². The predicted molar refractivity (Wildman–Crippen MR) is 78.7 cm³/mol. The fourth-order valence-corrected chi connectivity index (χ4v) is 2.88. The average Bonchev–Trinajstić information content (AvgIpc) is 2.78. The highest BCUT2D eigenvalue weighted by molar-refractivity contribution is 8.02. The van der Waals surface area contributed by atoms with Gasteiger partial charge in [0.1, 0.15) is 0 Å². The first-order valence-corrected chi connectivity index (χ1v) is 7.71. The summed E-state index contributed by atoms with van der Waals surface area (Å²) >= 11 is 1.86. The van der Waals surface area contributed by atoms with Gasteiger partial charge in [-0.3, -0.25) is 0 Å². The van der Waals surface area contributed by atoms with Gasteiger partial charge in [0.05, 0.1) is 6.04 Å². The minimum absolute atomic E-state index is 0.00213. The monoisotopic (exact) mass is 273 g/mol. The van der Waals surface area contributed by atoms with Crippen LogP contribution in [0.1, 0.15) is 40.0 Å². The highest BCUT2D eigenvalue weighted by atomic mass is 32.2. The number of methoxy groups -OCH3 is 1. The molecule has 0 saturated carbocycles. The minimum atomic E-state index is -0.725. The van der Waals surface area contributed by atoms with Crippen LogP contribution in [0.25, 0.3) is 0 Å². The molecule has 1 heterocycles. The van der Waals surface area contributed by atoms with E-state index >= 15 is 0 Å². The van der Waals surface area contributed by atoms with Gasteiger partial charge >= 0.3 is 0 Å². The number of hydrogen-bond donors (Lipinski definition) is 2. The molecule has 0 aliphatic carbocycles. The quantitative estimate of drug-likeness (QED) is 0.700. The SMILES string of the molecule is COC(O)C(CC1=CSCC1)NCCC(C)(C)C. The van der Waals surface area contributed by atoms with Crippen molar-refractivity contribution in [3.63, 3.8) is 0 Å². The van der Waals surface area contributed by atoms with Crippen molar-refractivity contribution in [3.05, 3.63) is 11.0 Å². The third-order valence-electron chi connectivity index (χ3n) is 3.14. The maximum Gasteiger partial charge on any atom is 0.169 e. The van der Waals surface area contributed by atoms with E-state index < -0.39 is 6.29 Å². The number of aliphatic hydroxyl groups is 1. The molecule has 1 rings (SSSR count). The van der Waals surface area contributed by atoms with Crippen LogP contribution in [0.2, 0.25) is 0 Å². The lowest BCUT2D eigenvalue weighted by Crippen LogP contribution is -2.42. The van der Waals surface area contributed by atoms with Crippen LogP contribution < -0.4 is 5.32 Å². The van der Waals surface area contributed by atoms with Crippen molar-refractivity contribution < 1.29 is 9.84 Å². The molecular weight excluding hydrogens is 246 g/mol. The molecule has 0 aromatic rings. The molecule has 1 aliphatic heterocycles. The third-order valence-corrected chi connectivity index (χ3v) is 4.08. The lowest BCUT2D eigenvalue weighted by molar-refractivity contribution is -0.0969. The zero-order valence-electron chi connectivity index (χ0n) is 12.0. The fourth-order valence-electron chi connectivity index (χ4n) is 1.93. The zero-order chi connectivity index (χ0) is 13.6. The number of hydrogen-bond acceptors (Lipinski definition) is 4. The van der Waals surface area contributed by atoms with Crippen LogP contribution in [0.4, 0.5) is 0 Å². The lowest BCUT2D eigenvalue weighted by Gasteiger charge is -2.26. The van der Waals surface area contributed by atoms with E-state index in [1.54, 1.807) is 7.11 Å². The summed E-state index contributed by atoms with van der Waals surface area (Å²) in [5.41, 5.74) is 1.74. The number of rotatable bonds is 7. The molecule has 2 unspecified atom stereocenters. The van der Waals surface area contributed by atoms with Crippen molar-refractivity contribution in [2.24, 2.45) is 5.41 Å². The van der Waals surface area contributed by atoms with E-state index in [0.717, 1.165) is 25.8 Å². The van der Waals surface area contributed by atoms with E-state index in [1.165, 1.54) is 11.3 Å². The van der Waals surface area contributed by atoms with Gasteiger partial charge in [-0.25, -0.2) is 0 Å². The molecular formula is C14H27NO2S. The van der Waals surface area contributed by atoms with Gasteiger partial charge in [-0.05, 0) is 36.6 Å². The summed E-state index contributed by atoms with van der Waals surface area (Å²) in [5, 5.41) is 15.5. The van der Waals surface area contributed by atoms with Crippen LogP contribution in [0.3, 0.4) is 0 Å². The van der Waals surface area contributed by atoms with E-state index in [0.29, 0.717) is 5.41 Å². The Bertz CT molecular complexity index is 273. The van der Waals surface area contributed by atoms with Crippen molar-refractivity contribution in [3.8, 4) is 0 Å².